The maximum Gasteiger partial charge on any atom is 0.403 e. The summed E-state index contributed by atoms with van der Waals surface area (Å²) in [4.78, 5) is 0. The average Bonchev–Trinajstić information content (AvgIpc) is 2.42. The number of nitrogens with two attached hydrogens (primary N) is 1. The Morgan fingerprint density at radius 1 is 1.29 bits per heavy atom. The molecule has 0 unspecified atom stereocenters. The first-order chi connectivity index (χ1) is 7.55. The first-order valence-corrected chi connectivity index (χ1v) is 6.90. The van der Waals surface area contributed by atoms with Crippen LogP contribution in [-0.2, 0) is 14.6 Å². The molecule has 100 valence electrons. The molecule has 0 aromatic carbocycles. The van der Waals surface area contributed by atoms with Crippen molar-refractivity contribution in [2.45, 2.75) is 40.5 Å². The van der Waals surface area contributed by atoms with E-state index in [2.05, 4.69) is 41.9 Å². The Balaban J connectivity index is 2.68. The Bertz CT molecular complexity index is 413. The summed E-state index contributed by atoms with van der Waals surface area (Å²) in [5.41, 5.74) is 7.95. The normalized spacial score (nSPS) is 19.9. The lowest BCUT2D eigenvalue weighted by atomic mass is 9.73. The van der Waals surface area contributed by atoms with Crippen LogP contribution in [0.4, 0.5) is 0 Å². The van der Waals surface area contributed by atoms with E-state index in [-0.39, 0.29) is 10.8 Å². The number of hydrogen-bond donors (Lipinski definition) is 2. The van der Waals surface area contributed by atoms with E-state index in [9.17, 15) is 8.42 Å². The van der Waals surface area contributed by atoms with Crippen LogP contribution in [-0.4, -0.2) is 20.8 Å². The molecule has 17 heavy (non-hydrogen) atoms. The Morgan fingerprint density at radius 2 is 1.88 bits per heavy atom. The van der Waals surface area contributed by atoms with Crippen molar-refractivity contribution >= 4 is 16.1 Å². The van der Waals surface area contributed by atoms with E-state index in [4.69, 9.17) is 5.73 Å². The molecule has 0 radical (unpaired) electrons. The highest BCUT2D eigenvalue weighted by atomic mass is 32.2. The Labute approximate surface area is 103 Å². The Morgan fingerprint density at radius 3 is 2.29 bits per heavy atom. The Kier molecular flexibility index (Phi) is 3.85. The van der Waals surface area contributed by atoms with Gasteiger partial charge in [-0.15, -0.1) is 8.68 Å². The van der Waals surface area contributed by atoms with Crippen molar-refractivity contribution in [3.05, 3.63) is 0 Å². The lowest BCUT2D eigenvalue weighted by Crippen LogP contribution is -2.33. The van der Waals surface area contributed by atoms with E-state index in [1.807, 2.05) is 0 Å². The van der Waals surface area contributed by atoms with Crippen LogP contribution in [0, 0.1) is 10.8 Å². The molecule has 6 nitrogen and oxygen atoms in total. The van der Waals surface area contributed by atoms with Crippen LogP contribution in [0.1, 0.15) is 40.5 Å². The third-order valence-corrected chi connectivity index (χ3v) is 3.38. The molecule has 0 saturated heterocycles. The van der Waals surface area contributed by atoms with E-state index >= 15 is 0 Å². The van der Waals surface area contributed by atoms with Gasteiger partial charge >= 0.3 is 10.3 Å². The molecule has 0 saturated carbocycles. The molecule has 0 bridgehead atoms. The van der Waals surface area contributed by atoms with Crippen molar-refractivity contribution < 1.29 is 12.7 Å². The minimum Gasteiger partial charge on any atom is -0.330 e. The van der Waals surface area contributed by atoms with Crippen LogP contribution < -0.4 is 11.2 Å². The second-order valence-corrected chi connectivity index (χ2v) is 7.24. The van der Waals surface area contributed by atoms with E-state index in [0.717, 1.165) is 6.42 Å². The van der Waals surface area contributed by atoms with E-state index < -0.39 is 10.3 Å². The number of rotatable bonds is 5. The topological polar surface area (TPSA) is 93.8 Å². The first kappa shape index (κ1) is 14.4. The molecule has 0 atom stereocenters. The van der Waals surface area contributed by atoms with Gasteiger partial charge in [0.15, 0.2) is 0 Å². The molecule has 1 heterocycles. The molecule has 1 aliphatic heterocycles. The fraction of sp³-hybridized carbons (Fsp3) is 0.900. The van der Waals surface area contributed by atoms with Gasteiger partial charge in [-0.25, -0.2) is 5.48 Å². The second kappa shape index (κ2) is 4.55. The molecular formula is C10H21N3O3S. The van der Waals surface area contributed by atoms with Gasteiger partial charge in [0.25, 0.3) is 0 Å². The quantitative estimate of drug-likeness (QED) is 0.770. The predicted octanol–water partition coefficient (Wildman–Crippen LogP) is 0.956. The van der Waals surface area contributed by atoms with Gasteiger partial charge in [-0.2, -0.15) is 8.42 Å². The van der Waals surface area contributed by atoms with Gasteiger partial charge < -0.3 is 5.73 Å². The van der Waals surface area contributed by atoms with Crippen LogP contribution in [0.2, 0.25) is 0 Å². The van der Waals surface area contributed by atoms with Crippen molar-refractivity contribution in [2.24, 2.45) is 21.0 Å². The fourth-order valence-corrected chi connectivity index (χ4v) is 2.84. The lowest BCUT2D eigenvalue weighted by Gasteiger charge is -2.33. The molecule has 1 aliphatic rings. The first-order valence-electron chi connectivity index (χ1n) is 5.54. The van der Waals surface area contributed by atoms with Crippen LogP contribution >= 0.6 is 0 Å². The zero-order valence-corrected chi connectivity index (χ0v) is 11.6. The van der Waals surface area contributed by atoms with Gasteiger partial charge in [0.05, 0.1) is 0 Å². The number of hydrogen-bond acceptors (Lipinski definition) is 5. The van der Waals surface area contributed by atoms with Gasteiger partial charge in [-0.3, -0.25) is 0 Å². The summed E-state index contributed by atoms with van der Waals surface area (Å²) in [6, 6.07) is 0. The maximum absolute atomic E-state index is 11.0. The van der Waals surface area contributed by atoms with Crippen molar-refractivity contribution in [3.63, 3.8) is 0 Å². The largest absolute Gasteiger partial charge is 0.403 e. The molecule has 0 aromatic heterocycles. The van der Waals surface area contributed by atoms with Crippen molar-refractivity contribution in [1.29, 1.82) is 0 Å². The molecule has 0 aliphatic carbocycles. The van der Waals surface area contributed by atoms with Crippen LogP contribution in [0.3, 0.4) is 0 Å². The fourth-order valence-electron chi connectivity index (χ4n) is 2.22. The average molecular weight is 263 g/mol. The van der Waals surface area contributed by atoms with Gasteiger partial charge in [0.2, 0.25) is 0 Å². The highest BCUT2D eigenvalue weighted by Gasteiger charge is 2.32. The standard InChI is InChI=1S/C10H21N3O3S/c1-9(2,6-10(3,4)7-11)5-8-12-16-17(14,15)13-8/h5-7,11H2,1-4H3,(H,12,13). The van der Waals surface area contributed by atoms with Crippen molar-refractivity contribution in [1.82, 2.24) is 5.48 Å². The summed E-state index contributed by atoms with van der Waals surface area (Å²) < 4.78 is 29.8. The third kappa shape index (κ3) is 4.61. The SMILES string of the molecule is CC(C)(CN)CC(C)(C)CC1=NS(=O)(=O)ON1. The summed E-state index contributed by atoms with van der Waals surface area (Å²) in [7, 11) is -3.76. The molecular weight excluding hydrogens is 242 g/mol. The third-order valence-electron chi connectivity index (χ3n) is 2.64. The van der Waals surface area contributed by atoms with Crippen LogP contribution in [0.25, 0.3) is 0 Å². The number of amidine groups is 1. The highest BCUT2D eigenvalue weighted by Crippen LogP contribution is 2.36. The monoisotopic (exact) mass is 263 g/mol. The van der Waals surface area contributed by atoms with E-state index in [0.29, 0.717) is 18.8 Å². The molecule has 3 N–H and O–H groups in total. The number of nitrogens with zero attached hydrogens (tertiary/aromatic N) is 1. The van der Waals surface area contributed by atoms with E-state index in [1.54, 1.807) is 0 Å². The molecule has 0 fully saturated rings. The molecule has 1 rings (SSSR count). The second-order valence-electron chi connectivity index (χ2n) is 6.04. The molecule has 0 amide bonds. The van der Waals surface area contributed by atoms with E-state index in [1.165, 1.54) is 0 Å². The molecule has 0 aromatic rings. The van der Waals surface area contributed by atoms with Gasteiger partial charge in [-0.05, 0) is 23.8 Å². The van der Waals surface area contributed by atoms with Gasteiger partial charge in [0, 0.05) is 6.42 Å². The minimum absolute atomic E-state index is 0.0163. The summed E-state index contributed by atoms with van der Waals surface area (Å²) >= 11 is 0. The predicted molar refractivity (Wildman–Crippen MR) is 66.4 cm³/mol. The summed E-state index contributed by atoms with van der Waals surface area (Å²) in [5, 5.41) is 0. The Hall–Kier alpha value is -0.660. The van der Waals surface area contributed by atoms with Gasteiger partial charge in [-0.1, -0.05) is 27.7 Å². The summed E-state index contributed by atoms with van der Waals surface area (Å²) in [5.74, 6) is 0.350. The van der Waals surface area contributed by atoms with Crippen LogP contribution in [0.5, 0.6) is 0 Å². The van der Waals surface area contributed by atoms with Crippen molar-refractivity contribution in [2.75, 3.05) is 6.54 Å². The smallest absolute Gasteiger partial charge is 0.330 e. The van der Waals surface area contributed by atoms with Crippen molar-refractivity contribution in [3.8, 4) is 0 Å². The summed E-state index contributed by atoms with van der Waals surface area (Å²) in [6.45, 7) is 8.88. The highest BCUT2D eigenvalue weighted by molar-refractivity contribution is 7.85. The van der Waals surface area contributed by atoms with Crippen LogP contribution in [0.15, 0.2) is 4.40 Å². The van der Waals surface area contributed by atoms with Gasteiger partial charge in [0.1, 0.15) is 5.84 Å². The molecule has 7 heteroatoms. The summed E-state index contributed by atoms with van der Waals surface area (Å²) in [6.07, 6.45) is 1.38. The maximum atomic E-state index is 11.0. The zero-order chi connectivity index (χ0) is 13.3. The molecule has 0 spiro atoms. The zero-order valence-electron chi connectivity index (χ0n) is 10.8. The lowest BCUT2D eigenvalue weighted by molar-refractivity contribution is 0.201. The number of hydroxylamine groups is 1. The minimum atomic E-state index is -3.76. The number of nitrogens with one attached hydrogen (secondary N) is 1.